The second-order valence-corrected chi connectivity index (χ2v) is 5.09. The number of ether oxygens (including phenoxy) is 1. The summed E-state index contributed by atoms with van der Waals surface area (Å²) in [4.78, 5) is 4.42. The van der Waals surface area contributed by atoms with E-state index >= 15 is 0 Å². The number of nitrogens with one attached hydrogen (secondary N) is 1. The molecule has 0 bridgehead atoms. The summed E-state index contributed by atoms with van der Waals surface area (Å²) >= 11 is 0. The maximum Gasteiger partial charge on any atom is 0.0512 e. The van der Waals surface area contributed by atoms with Crippen molar-refractivity contribution in [3.8, 4) is 0 Å². The molecule has 2 heterocycles. The second kappa shape index (κ2) is 6.86. The first-order valence-corrected chi connectivity index (χ1v) is 7.05. The Bertz CT molecular complexity index is 361. The number of aromatic nitrogens is 1. The molecule has 2 atom stereocenters. The molecule has 1 saturated heterocycles. The predicted octanol–water partition coefficient (Wildman–Crippen LogP) is 2.86. The number of pyridine rings is 1. The Morgan fingerprint density at radius 1 is 1.56 bits per heavy atom. The van der Waals surface area contributed by atoms with Gasteiger partial charge in [-0.15, -0.1) is 0 Å². The molecule has 1 aromatic rings. The van der Waals surface area contributed by atoms with Crippen molar-refractivity contribution >= 4 is 0 Å². The average Bonchev–Trinajstić information content (AvgIpc) is 2.42. The Labute approximate surface area is 110 Å². The van der Waals surface area contributed by atoms with Crippen LogP contribution in [-0.2, 0) is 4.74 Å². The third-order valence-electron chi connectivity index (χ3n) is 3.66. The van der Waals surface area contributed by atoms with Crippen LogP contribution in [-0.4, -0.2) is 24.7 Å². The highest BCUT2D eigenvalue weighted by Crippen LogP contribution is 2.29. The van der Waals surface area contributed by atoms with E-state index in [4.69, 9.17) is 4.74 Å². The summed E-state index contributed by atoms with van der Waals surface area (Å²) in [5, 5.41) is 3.68. The molecule has 0 amide bonds. The highest BCUT2D eigenvalue weighted by Gasteiger charge is 2.26. The van der Waals surface area contributed by atoms with Crippen LogP contribution in [0.4, 0.5) is 0 Å². The fourth-order valence-electron chi connectivity index (χ4n) is 2.68. The summed E-state index contributed by atoms with van der Waals surface area (Å²) in [6.07, 6.45) is 5.44. The number of rotatable bonds is 5. The van der Waals surface area contributed by atoms with Crippen molar-refractivity contribution in [1.29, 1.82) is 0 Å². The van der Waals surface area contributed by atoms with Gasteiger partial charge >= 0.3 is 0 Å². The molecule has 3 nitrogen and oxygen atoms in total. The van der Waals surface area contributed by atoms with Crippen LogP contribution in [0.25, 0.3) is 0 Å². The van der Waals surface area contributed by atoms with Crippen molar-refractivity contribution in [1.82, 2.24) is 10.3 Å². The molecule has 0 radical (unpaired) electrons. The molecule has 0 aromatic carbocycles. The third kappa shape index (κ3) is 3.30. The van der Waals surface area contributed by atoms with Gasteiger partial charge in [-0.05, 0) is 44.4 Å². The normalized spacial score (nSPS) is 21.8. The molecule has 2 unspecified atom stereocenters. The minimum Gasteiger partial charge on any atom is -0.381 e. The van der Waals surface area contributed by atoms with Crippen molar-refractivity contribution < 1.29 is 4.74 Å². The summed E-state index contributed by atoms with van der Waals surface area (Å²) in [7, 11) is 0. The zero-order valence-corrected chi connectivity index (χ0v) is 11.5. The van der Waals surface area contributed by atoms with Crippen molar-refractivity contribution in [3.63, 3.8) is 0 Å². The molecular formula is C15H24N2O. The third-order valence-corrected chi connectivity index (χ3v) is 3.66. The average molecular weight is 248 g/mol. The van der Waals surface area contributed by atoms with Gasteiger partial charge in [0.05, 0.1) is 6.61 Å². The first-order valence-electron chi connectivity index (χ1n) is 7.05. The molecule has 1 fully saturated rings. The number of aryl methyl sites for hydroxylation is 1. The standard InChI is InChI=1S/C15H24N2O/c1-3-8-17-15(13-6-5-10-18-11-13)14-7-4-9-16-12(14)2/h4,7,9,13,15,17H,3,5-6,8,10-11H2,1-2H3. The minimum absolute atomic E-state index is 0.388. The van der Waals surface area contributed by atoms with Crippen LogP contribution >= 0.6 is 0 Å². The molecular weight excluding hydrogens is 224 g/mol. The summed E-state index contributed by atoms with van der Waals surface area (Å²) in [6.45, 7) is 7.14. The number of hydrogen-bond acceptors (Lipinski definition) is 3. The largest absolute Gasteiger partial charge is 0.381 e. The van der Waals surface area contributed by atoms with Gasteiger partial charge in [0.25, 0.3) is 0 Å². The Hall–Kier alpha value is -0.930. The van der Waals surface area contributed by atoms with Crippen LogP contribution in [0.5, 0.6) is 0 Å². The zero-order chi connectivity index (χ0) is 12.8. The smallest absolute Gasteiger partial charge is 0.0512 e. The maximum absolute atomic E-state index is 5.64. The lowest BCUT2D eigenvalue weighted by molar-refractivity contribution is 0.0389. The second-order valence-electron chi connectivity index (χ2n) is 5.09. The lowest BCUT2D eigenvalue weighted by Gasteiger charge is -2.32. The van der Waals surface area contributed by atoms with Crippen LogP contribution in [0.3, 0.4) is 0 Å². The fourth-order valence-corrected chi connectivity index (χ4v) is 2.68. The van der Waals surface area contributed by atoms with Crippen LogP contribution in [0.15, 0.2) is 18.3 Å². The molecule has 0 aliphatic carbocycles. The van der Waals surface area contributed by atoms with Crippen LogP contribution < -0.4 is 5.32 Å². The lowest BCUT2D eigenvalue weighted by Crippen LogP contribution is -2.34. The van der Waals surface area contributed by atoms with E-state index in [0.29, 0.717) is 12.0 Å². The molecule has 0 spiro atoms. The lowest BCUT2D eigenvalue weighted by atomic mass is 9.88. The van der Waals surface area contributed by atoms with E-state index in [1.165, 1.54) is 18.4 Å². The van der Waals surface area contributed by atoms with Gasteiger partial charge in [-0.2, -0.15) is 0 Å². The first kappa shape index (κ1) is 13.5. The monoisotopic (exact) mass is 248 g/mol. The van der Waals surface area contributed by atoms with E-state index < -0.39 is 0 Å². The summed E-state index contributed by atoms with van der Waals surface area (Å²) in [5.41, 5.74) is 2.47. The van der Waals surface area contributed by atoms with Crippen LogP contribution in [0.1, 0.15) is 43.5 Å². The van der Waals surface area contributed by atoms with Crippen molar-refractivity contribution in [3.05, 3.63) is 29.6 Å². The maximum atomic E-state index is 5.64. The van der Waals surface area contributed by atoms with Gasteiger partial charge in [0.1, 0.15) is 0 Å². The highest BCUT2D eigenvalue weighted by atomic mass is 16.5. The van der Waals surface area contributed by atoms with Gasteiger partial charge in [0.15, 0.2) is 0 Å². The van der Waals surface area contributed by atoms with E-state index in [0.717, 1.165) is 31.9 Å². The Kier molecular flexibility index (Phi) is 5.14. The fraction of sp³-hybridized carbons (Fsp3) is 0.667. The van der Waals surface area contributed by atoms with Gasteiger partial charge in [0, 0.05) is 30.5 Å². The van der Waals surface area contributed by atoms with E-state index in [9.17, 15) is 0 Å². The topological polar surface area (TPSA) is 34.2 Å². The summed E-state index contributed by atoms with van der Waals surface area (Å²) in [6, 6.07) is 4.62. The zero-order valence-electron chi connectivity index (χ0n) is 11.5. The molecule has 100 valence electrons. The Morgan fingerprint density at radius 2 is 2.44 bits per heavy atom. The van der Waals surface area contributed by atoms with E-state index in [2.05, 4.69) is 30.2 Å². The highest BCUT2D eigenvalue weighted by molar-refractivity contribution is 5.23. The molecule has 1 aliphatic rings. The van der Waals surface area contributed by atoms with Gasteiger partial charge in [-0.1, -0.05) is 13.0 Å². The molecule has 3 heteroatoms. The molecule has 0 saturated carbocycles. The summed E-state index contributed by atoms with van der Waals surface area (Å²) in [5.74, 6) is 0.577. The van der Waals surface area contributed by atoms with Crippen molar-refractivity contribution in [2.24, 2.45) is 5.92 Å². The van der Waals surface area contributed by atoms with Crippen molar-refractivity contribution in [2.75, 3.05) is 19.8 Å². The molecule has 1 N–H and O–H groups in total. The van der Waals surface area contributed by atoms with Crippen LogP contribution in [0.2, 0.25) is 0 Å². The van der Waals surface area contributed by atoms with Gasteiger partial charge in [0.2, 0.25) is 0 Å². The predicted molar refractivity (Wildman–Crippen MR) is 73.6 cm³/mol. The molecule has 1 aromatic heterocycles. The van der Waals surface area contributed by atoms with Crippen LogP contribution in [0, 0.1) is 12.8 Å². The van der Waals surface area contributed by atoms with Gasteiger partial charge in [-0.25, -0.2) is 0 Å². The van der Waals surface area contributed by atoms with Gasteiger partial charge in [-0.3, -0.25) is 4.98 Å². The van der Waals surface area contributed by atoms with E-state index in [1.54, 1.807) is 0 Å². The molecule has 2 rings (SSSR count). The SMILES string of the molecule is CCCNC(c1cccnc1C)C1CCCOC1. The summed E-state index contributed by atoms with van der Waals surface area (Å²) < 4.78 is 5.64. The van der Waals surface area contributed by atoms with Gasteiger partial charge < -0.3 is 10.1 Å². The Morgan fingerprint density at radius 3 is 3.11 bits per heavy atom. The molecule has 18 heavy (non-hydrogen) atoms. The van der Waals surface area contributed by atoms with E-state index in [1.807, 2.05) is 12.3 Å². The van der Waals surface area contributed by atoms with E-state index in [-0.39, 0.29) is 0 Å². The van der Waals surface area contributed by atoms with Crippen molar-refractivity contribution in [2.45, 2.75) is 39.2 Å². The Balaban J connectivity index is 2.15. The quantitative estimate of drug-likeness (QED) is 0.870. The minimum atomic E-state index is 0.388. The first-order chi connectivity index (χ1) is 8.83. The number of hydrogen-bond donors (Lipinski definition) is 1. The molecule has 1 aliphatic heterocycles. The number of nitrogens with zero attached hydrogens (tertiary/aromatic N) is 1.